The number of anilines is 1. The number of aliphatic hydroxyl groups excluding tert-OH is 1. The Morgan fingerprint density at radius 2 is 1.83 bits per heavy atom. The molecule has 3 heterocycles. The van der Waals surface area contributed by atoms with Gasteiger partial charge in [-0.2, -0.15) is 4.31 Å². The first-order valence-electron chi connectivity index (χ1n) is 17.0. The zero-order valence-corrected chi connectivity index (χ0v) is 30.1. The van der Waals surface area contributed by atoms with E-state index in [0.717, 1.165) is 34.0 Å². The first-order chi connectivity index (χ1) is 22.9. The molecule has 0 saturated carbocycles. The van der Waals surface area contributed by atoms with Gasteiger partial charge in [-0.25, -0.2) is 13.4 Å². The average Bonchev–Trinajstić information content (AvgIpc) is 3.76. The molecule has 5 rings (SSSR count). The van der Waals surface area contributed by atoms with Crippen LogP contribution in [0.1, 0.15) is 46.6 Å². The van der Waals surface area contributed by atoms with E-state index in [1.165, 1.54) is 15.6 Å². The fourth-order valence-corrected chi connectivity index (χ4v) is 9.02. The van der Waals surface area contributed by atoms with Crippen molar-refractivity contribution in [3.05, 3.63) is 54.1 Å². The number of benzene rings is 2. The average molecular weight is 703 g/mol. The zero-order chi connectivity index (χ0) is 34.4. The second kappa shape index (κ2) is 16.4. The maximum absolute atomic E-state index is 14.2. The van der Waals surface area contributed by atoms with Gasteiger partial charge in [0, 0.05) is 31.6 Å². The number of carbonyl (C=O) groups is 1. The lowest BCUT2D eigenvalue weighted by atomic mass is 9.90. The SMILES string of the molecule is CCN[C@H]1CO[C@@H]2OC[C@H](OC(=O)C[C@@H](Cc3ccccc3)[C@H](O)CN(CC(C)C)S(=O)(=O)c3ccc4nc(NCC(C)C)sc4c3)[C@@H]21. The molecule has 11 nitrogen and oxygen atoms in total. The molecular formula is C35H50N4O7S2. The largest absolute Gasteiger partial charge is 0.459 e. The van der Waals surface area contributed by atoms with Gasteiger partial charge in [-0.15, -0.1) is 0 Å². The van der Waals surface area contributed by atoms with Crippen LogP contribution in [-0.2, 0) is 35.4 Å². The van der Waals surface area contributed by atoms with Gasteiger partial charge in [-0.3, -0.25) is 4.79 Å². The lowest BCUT2D eigenvalue weighted by Gasteiger charge is -2.30. The number of aliphatic hydroxyl groups is 1. The van der Waals surface area contributed by atoms with Crippen LogP contribution in [0.3, 0.4) is 0 Å². The molecule has 0 spiro atoms. The van der Waals surface area contributed by atoms with E-state index in [-0.39, 0.29) is 48.9 Å². The lowest BCUT2D eigenvalue weighted by Crippen LogP contribution is -2.44. The highest BCUT2D eigenvalue weighted by Gasteiger charge is 2.49. The maximum atomic E-state index is 14.2. The van der Waals surface area contributed by atoms with Crippen molar-refractivity contribution in [2.45, 2.75) is 76.9 Å². The summed E-state index contributed by atoms with van der Waals surface area (Å²) in [5.74, 6) is -0.723. The number of hydrogen-bond donors (Lipinski definition) is 3. The topological polar surface area (TPSA) is 139 Å². The predicted molar refractivity (Wildman–Crippen MR) is 187 cm³/mol. The third kappa shape index (κ3) is 9.12. The van der Waals surface area contributed by atoms with Crippen molar-refractivity contribution < 1.29 is 32.5 Å². The number of carbonyl (C=O) groups excluding carboxylic acids is 1. The number of thiazole rings is 1. The third-order valence-electron chi connectivity index (χ3n) is 8.75. The Hall–Kier alpha value is -2.65. The first-order valence-corrected chi connectivity index (χ1v) is 19.2. The van der Waals surface area contributed by atoms with E-state index in [2.05, 4.69) is 29.5 Å². The van der Waals surface area contributed by atoms with Crippen LogP contribution in [0.5, 0.6) is 0 Å². The first kappa shape index (κ1) is 36.6. The Balaban J connectivity index is 1.34. The van der Waals surface area contributed by atoms with Crippen molar-refractivity contribution in [2.75, 3.05) is 44.7 Å². The number of nitrogens with zero attached hydrogens (tertiary/aromatic N) is 2. The predicted octanol–water partition coefficient (Wildman–Crippen LogP) is 4.51. The molecule has 3 N–H and O–H groups in total. The molecule has 0 bridgehead atoms. The van der Waals surface area contributed by atoms with Gasteiger partial charge in [-0.05, 0) is 48.6 Å². The molecular weight excluding hydrogens is 653 g/mol. The fraction of sp³-hybridized carbons (Fsp3) is 0.600. The van der Waals surface area contributed by atoms with Gasteiger partial charge in [0.1, 0.15) is 6.10 Å². The molecule has 1 aromatic heterocycles. The van der Waals surface area contributed by atoms with Crippen LogP contribution in [0.2, 0.25) is 0 Å². The number of esters is 1. The van der Waals surface area contributed by atoms with Crippen molar-refractivity contribution >= 4 is 42.7 Å². The van der Waals surface area contributed by atoms with Crippen molar-refractivity contribution in [3.8, 4) is 0 Å². The number of ether oxygens (including phenoxy) is 3. The minimum absolute atomic E-state index is 0.00268. The normalized spacial score (nSPS) is 22.4. The van der Waals surface area contributed by atoms with Crippen LogP contribution < -0.4 is 10.6 Å². The second-order valence-electron chi connectivity index (χ2n) is 13.7. The van der Waals surface area contributed by atoms with E-state index in [1.807, 2.05) is 51.1 Å². The van der Waals surface area contributed by atoms with E-state index in [1.54, 1.807) is 18.2 Å². The number of fused-ring (bicyclic) bond motifs is 2. The van der Waals surface area contributed by atoms with Gasteiger partial charge >= 0.3 is 5.97 Å². The molecule has 2 saturated heterocycles. The number of hydrogen-bond acceptors (Lipinski definition) is 11. The Morgan fingerprint density at radius 1 is 1.08 bits per heavy atom. The zero-order valence-electron chi connectivity index (χ0n) is 28.5. The molecule has 0 aliphatic carbocycles. The molecule has 2 aromatic carbocycles. The van der Waals surface area contributed by atoms with E-state index in [4.69, 9.17) is 14.2 Å². The molecule has 13 heteroatoms. The van der Waals surface area contributed by atoms with Crippen molar-refractivity contribution in [3.63, 3.8) is 0 Å². The monoisotopic (exact) mass is 702 g/mol. The van der Waals surface area contributed by atoms with Crippen molar-refractivity contribution in [1.29, 1.82) is 0 Å². The quantitative estimate of drug-likeness (QED) is 0.172. The fourth-order valence-electron chi connectivity index (χ4n) is 6.38. The van der Waals surface area contributed by atoms with Gasteiger partial charge in [-0.1, -0.05) is 76.3 Å². The summed E-state index contributed by atoms with van der Waals surface area (Å²) in [6.45, 7) is 12.4. The highest BCUT2D eigenvalue weighted by Crippen LogP contribution is 2.34. The van der Waals surface area contributed by atoms with E-state index < -0.39 is 40.4 Å². The number of sulfonamides is 1. The van der Waals surface area contributed by atoms with Crippen molar-refractivity contribution in [1.82, 2.24) is 14.6 Å². The third-order valence-corrected chi connectivity index (χ3v) is 11.6. The molecule has 48 heavy (non-hydrogen) atoms. The summed E-state index contributed by atoms with van der Waals surface area (Å²) in [5.41, 5.74) is 1.66. The highest BCUT2D eigenvalue weighted by molar-refractivity contribution is 7.89. The number of likely N-dealkylation sites (N-methyl/N-ethyl adjacent to an activating group) is 1. The van der Waals surface area contributed by atoms with Crippen LogP contribution in [0, 0.1) is 23.7 Å². The number of aromatic nitrogens is 1. The minimum atomic E-state index is -4.00. The molecule has 2 aliphatic rings. The van der Waals surface area contributed by atoms with Crippen LogP contribution in [0.4, 0.5) is 5.13 Å². The maximum Gasteiger partial charge on any atom is 0.306 e. The number of nitrogens with one attached hydrogen (secondary N) is 2. The molecule has 3 aromatic rings. The Kier molecular flexibility index (Phi) is 12.5. The Labute approximate surface area is 288 Å². The smallest absolute Gasteiger partial charge is 0.306 e. The molecule has 2 fully saturated rings. The van der Waals surface area contributed by atoms with E-state index in [0.29, 0.717) is 18.9 Å². The summed E-state index contributed by atoms with van der Waals surface area (Å²) in [5, 5.41) is 19.2. The summed E-state index contributed by atoms with van der Waals surface area (Å²) in [6, 6.07) is 14.6. The van der Waals surface area contributed by atoms with E-state index in [9.17, 15) is 18.3 Å². The van der Waals surface area contributed by atoms with Crippen LogP contribution in [0.15, 0.2) is 53.4 Å². The summed E-state index contributed by atoms with van der Waals surface area (Å²) < 4.78 is 47.9. The minimum Gasteiger partial charge on any atom is -0.459 e. The summed E-state index contributed by atoms with van der Waals surface area (Å²) >= 11 is 1.42. The van der Waals surface area contributed by atoms with Gasteiger partial charge in [0.15, 0.2) is 11.4 Å². The summed E-state index contributed by atoms with van der Waals surface area (Å²) in [6.07, 6.45) is -1.72. The molecule has 6 atom stereocenters. The van der Waals surface area contributed by atoms with Gasteiger partial charge in [0.2, 0.25) is 10.0 Å². The van der Waals surface area contributed by atoms with Gasteiger partial charge < -0.3 is 30.0 Å². The van der Waals surface area contributed by atoms with Gasteiger partial charge in [0.25, 0.3) is 0 Å². The molecule has 0 radical (unpaired) electrons. The molecule has 0 unspecified atom stereocenters. The van der Waals surface area contributed by atoms with Crippen molar-refractivity contribution in [2.24, 2.45) is 23.7 Å². The second-order valence-corrected chi connectivity index (χ2v) is 16.6. The highest BCUT2D eigenvalue weighted by atomic mass is 32.2. The molecule has 264 valence electrons. The Morgan fingerprint density at radius 3 is 2.54 bits per heavy atom. The molecule has 0 amide bonds. The summed E-state index contributed by atoms with van der Waals surface area (Å²) in [4.78, 5) is 18.2. The van der Waals surface area contributed by atoms with Gasteiger partial charge in [0.05, 0.1) is 46.8 Å². The lowest BCUT2D eigenvalue weighted by molar-refractivity contribution is -0.153. The Bertz CT molecular complexity index is 1600. The summed E-state index contributed by atoms with van der Waals surface area (Å²) in [7, 11) is -4.00. The van der Waals surface area contributed by atoms with Crippen LogP contribution >= 0.6 is 11.3 Å². The standard InChI is InChI=1S/C35H50N4O7S2/c1-6-36-28-20-44-34-33(28)30(21-45-34)46-32(41)15-25(14-24-10-8-7-9-11-24)29(40)19-39(18-23(4)5)48(42,43)26-12-13-27-31(16-26)47-35(38-27)37-17-22(2)3/h7-13,16,22-23,25,28-30,33-34,36,40H,6,14-15,17-21H2,1-5H3,(H,37,38)/t25-,28+,29-,30+,33+,34-/m1/s1. The van der Waals surface area contributed by atoms with Crippen LogP contribution in [-0.4, -0.2) is 92.7 Å². The van der Waals surface area contributed by atoms with E-state index >= 15 is 0 Å². The van der Waals surface area contributed by atoms with Crippen LogP contribution in [0.25, 0.3) is 10.2 Å². The molecule has 2 aliphatic heterocycles. The number of rotatable bonds is 17.